The molecule has 1 aliphatic heterocycles. The highest BCUT2D eigenvalue weighted by molar-refractivity contribution is 7.18. The van der Waals surface area contributed by atoms with E-state index in [-0.39, 0.29) is 11.9 Å². The molecule has 3 aromatic heterocycles. The fourth-order valence-corrected chi connectivity index (χ4v) is 4.35. The summed E-state index contributed by atoms with van der Waals surface area (Å²) < 4.78 is 0. The molecule has 0 radical (unpaired) electrons. The zero-order valence-corrected chi connectivity index (χ0v) is 16.0. The Morgan fingerprint density at radius 1 is 1.41 bits per heavy atom. The van der Waals surface area contributed by atoms with Gasteiger partial charge in [0.2, 0.25) is 0 Å². The second-order valence-corrected chi connectivity index (χ2v) is 7.50. The van der Waals surface area contributed by atoms with Gasteiger partial charge in [0, 0.05) is 24.5 Å². The summed E-state index contributed by atoms with van der Waals surface area (Å²) in [5, 5.41) is 14.5. The van der Waals surface area contributed by atoms with Crippen molar-refractivity contribution in [2.45, 2.75) is 32.2 Å². The van der Waals surface area contributed by atoms with E-state index in [1.165, 1.54) is 12.8 Å². The maximum absolute atomic E-state index is 12.1. The van der Waals surface area contributed by atoms with Crippen LogP contribution in [0.25, 0.3) is 21.1 Å². The van der Waals surface area contributed by atoms with Gasteiger partial charge in [0.05, 0.1) is 22.3 Å². The van der Waals surface area contributed by atoms with Crippen LogP contribution < -0.4 is 10.6 Å². The quantitative estimate of drug-likeness (QED) is 0.630. The second kappa shape index (κ2) is 7.98. The van der Waals surface area contributed by atoms with Gasteiger partial charge in [-0.05, 0) is 44.5 Å². The molecule has 1 fully saturated rings. The Kier molecular flexibility index (Phi) is 5.26. The molecule has 140 valence electrons. The Morgan fingerprint density at radius 2 is 2.33 bits per heavy atom. The number of nitrogens with zero attached hydrogens (tertiary/aromatic N) is 3. The number of carbonyl (C=O) groups is 1. The van der Waals surface area contributed by atoms with Crippen molar-refractivity contribution in [3.63, 3.8) is 0 Å². The van der Waals surface area contributed by atoms with E-state index in [1.807, 2.05) is 25.3 Å². The lowest BCUT2D eigenvalue weighted by molar-refractivity contribution is 0.0951. The van der Waals surface area contributed by atoms with E-state index >= 15 is 0 Å². The molecule has 27 heavy (non-hydrogen) atoms. The van der Waals surface area contributed by atoms with Gasteiger partial charge in [-0.15, -0.1) is 11.3 Å². The Morgan fingerprint density at radius 3 is 3.07 bits per heavy atom. The van der Waals surface area contributed by atoms with Gasteiger partial charge in [-0.25, -0.2) is 4.98 Å². The number of pyridine rings is 1. The molecule has 1 atom stereocenters. The summed E-state index contributed by atoms with van der Waals surface area (Å²) in [7, 11) is 0. The summed E-state index contributed by atoms with van der Waals surface area (Å²) in [4.78, 5) is 22.3. The van der Waals surface area contributed by atoms with Crippen molar-refractivity contribution >= 4 is 17.2 Å². The molecule has 0 aromatic carbocycles. The number of hydrogen-bond donors (Lipinski definition) is 3. The minimum absolute atomic E-state index is 0.172. The van der Waals surface area contributed by atoms with Gasteiger partial charge in [0.1, 0.15) is 5.01 Å². The van der Waals surface area contributed by atoms with Crippen molar-refractivity contribution in [1.29, 1.82) is 0 Å². The first-order chi connectivity index (χ1) is 13.3. The van der Waals surface area contributed by atoms with Crippen LogP contribution in [0.1, 0.15) is 48.4 Å². The zero-order chi connectivity index (χ0) is 18.6. The molecule has 0 saturated carbocycles. The maximum Gasteiger partial charge on any atom is 0.271 e. The Bertz CT molecular complexity index is 913. The lowest BCUT2D eigenvalue weighted by atomic mass is 10.0. The van der Waals surface area contributed by atoms with E-state index in [0.717, 1.165) is 39.8 Å². The van der Waals surface area contributed by atoms with E-state index in [4.69, 9.17) is 4.98 Å². The van der Waals surface area contributed by atoms with E-state index in [1.54, 1.807) is 23.6 Å². The molecule has 0 unspecified atom stereocenters. The lowest BCUT2D eigenvalue weighted by Crippen LogP contribution is -2.27. The molecular weight excluding hydrogens is 360 g/mol. The minimum atomic E-state index is -0.172. The maximum atomic E-state index is 12.1. The predicted octanol–water partition coefficient (Wildman–Crippen LogP) is 3.16. The Hall–Kier alpha value is -2.58. The molecule has 3 N–H and O–H groups in total. The van der Waals surface area contributed by atoms with Crippen LogP contribution in [0.15, 0.2) is 30.6 Å². The van der Waals surface area contributed by atoms with Crippen molar-refractivity contribution in [1.82, 2.24) is 30.8 Å². The van der Waals surface area contributed by atoms with Gasteiger partial charge in [0.15, 0.2) is 5.69 Å². The van der Waals surface area contributed by atoms with Gasteiger partial charge in [0.25, 0.3) is 5.91 Å². The number of amides is 1. The van der Waals surface area contributed by atoms with Crippen molar-refractivity contribution in [2.75, 3.05) is 13.1 Å². The molecule has 4 heterocycles. The molecule has 1 aliphatic rings. The van der Waals surface area contributed by atoms with Crippen LogP contribution in [0.2, 0.25) is 0 Å². The monoisotopic (exact) mass is 382 g/mol. The number of thiazole rings is 1. The molecule has 8 heteroatoms. The lowest BCUT2D eigenvalue weighted by Gasteiger charge is -2.22. The van der Waals surface area contributed by atoms with E-state index in [9.17, 15) is 4.79 Å². The summed E-state index contributed by atoms with van der Waals surface area (Å²) in [6, 6.07) is 5.95. The smallest absolute Gasteiger partial charge is 0.271 e. The third-order valence-electron chi connectivity index (χ3n) is 4.59. The Balaban J connectivity index is 1.74. The Labute approximate surface area is 161 Å². The molecule has 1 saturated heterocycles. The van der Waals surface area contributed by atoms with Gasteiger partial charge >= 0.3 is 0 Å². The third kappa shape index (κ3) is 3.77. The number of nitrogens with one attached hydrogen (secondary N) is 3. The van der Waals surface area contributed by atoms with Gasteiger partial charge < -0.3 is 10.6 Å². The standard InChI is InChI=1S/C19H22N6OS/c1-2-21-18(26)15-10-14(24-25-15)17-16(13-7-3-4-9-22-13)23-19(27-17)12-6-5-8-20-11-12/h5-6,8,10-11,13,22H,2-4,7,9H2,1H3,(H,21,26)(H,24,25)/t13-/m1/s1. The zero-order valence-electron chi connectivity index (χ0n) is 15.2. The average molecular weight is 382 g/mol. The van der Waals surface area contributed by atoms with Crippen LogP contribution in [0, 0.1) is 0 Å². The first-order valence-corrected chi connectivity index (χ1v) is 10.1. The number of carbonyl (C=O) groups excluding carboxylic acids is 1. The van der Waals surface area contributed by atoms with Crippen LogP contribution in [0.3, 0.4) is 0 Å². The number of piperidine rings is 1. The first-order valence-electron chi connectivity index (χ1n) is 9.24. The van der Waals surface area contributed by atoms with Gasteiger partial charge in [-0.1, -0.05) is 6.42 Å². The average Bonchev–Trinajstić information content (AvgIpc) is 3.37. The van der Waals surface area contributed by atoms with Crippen LogP contribution >= 0.6 is 11.3 Å². The number of aromatic amines is 1. The summed E-state index contributed by atoms with van der Waals surface area (Å²) in [5.74, 6) is -0.172. The highest BCUT2D eigenvalue weighted by atomic mass is 32.1. The highest BCUT2D eigenvalue weighted by Crippen LogP contribution is 2.39. The molecule has 0 aliphatic carbocycles. The largest absolute Gasteiger partial charge is 0.351 e. The summed E-state index contributed by atoms with van der Waals surface area (Å²) in [6.07, 6.45) is 7.02. The van der Waals surface area contributed by atoms with Crippen molar-refractivity contribution < 1.29 is 4.79 Å². The highest BCUT2D eigenvalue weighted by Gasteiger charge is 2.25. The molecule has 3 aromatic rings. The molecule has 7 nitrogen and oxygen atoms in total. The predicted molar refractivity (Wildman–Crippen MR) is 106 cm³/mol. The number of hydrogen-bond acceptors (Lipinski definition) is 6. The molecule has 4 rings (SSSR count). The number of H-pyrrole nitrogens is 1. The van der Waals surface area contributed by atoms with Crippen molar-refractivity contribution in [3.8, 4) is 21.1 Å². The summed E-state index contributed by atoms with van der Waals surface area (Å²) in [6.45, 7) is 3.46. The molecule has 0 bridgehead atoms. The summed E-state index contributed by atoms with van der Waals surface area (Å²) >= 11 is 1.60. The van der Waals surface area contributed by atoms with E-state index in [2.05, 4.69) is 25.8 Å². The van der Waals surface area contributed by atoms with Crippen LogP contribution in [0.5, 0.6) is 0 Å². The van der Waals surface area contributed by atoms with Crippen LogP contribution in [-0.4, -0.2) is 39.2 Å². The van der Waals surface area contributed by atoms with Crippen LogP contribution in [0.4, 0.5) is 0 Å². The minimum Gasteiger partial charge on any atom is -0.351 e. The molecule has 0 spiro atoms. The van der Waals surface area contributed by atoms with Gasteiger partial charge in [-0.3, -0.25) is 14.9 Å². The first kappa shape index (κ1) is 17.8. The fraction of sp³-hybridized carbons (Fsp3) is 0.368. The van der Waals surface area contributed by atoms with E-state index in [0.29, 0.717) is 12.2 Å². The fourth-order valence-electron chi connectivity index (χ4n) is 3.26. The second-order valence-electron chi connectivity index (χ2n) is 6.50. The SMILES string of the molecule is CCNC(=O)c1cc(-c2sc(-c3cccnc3)nc2[C@H]2CCCCN2)[nH]n1. The molecular formula is C19H22N6OS. The molecule has 1 amide bonds. The van der Waals surface area contributed by atoms with Gasteiger partial charge in [-0.2, -0.15) is 5.10 Å². The third-order valence-corrected chi connectivity index (χ3v) is 5.75. The summed E-state index contributed by atoms with van der Waals surface area (Å²) in [5.41, 5.74) is 3.23. The number of aromatic nitrogens is 4. The normalized spacial score (nSPS) is 17.0. The van der Waals surface area contributed by atoms with Crippen LogP contribution in [-0.2, 0) is 0 Å². The van der Waals surface area contributed by atoms with Crippen molar-refractivity contribution in [2.24, 2.45) is 0 Å². The van der Waals surface area contributed by atoms with Crippen molar-refractivity contribution in [3.05, 3.63) is 42.0 Å². The topological polar surface area (TPSA) is 95.6 Å². The number of rotatable bonds is 5. The van der Waals surface area contributed by atoms with E-state index < -0.39 is 0 Å².